The number of benzene rings is 1. The van der Waals surface area contributed by atoms with Gasteiger partial charge < -0.3 is 103 Å². The van der Waals surface area contributed by atoms with Gasteiger partial charge >= 0.3 is 5.97 Å². The molecule has 0 fully saturated rings. The van der Waals surface area contributed by atoms with Crippen molar-refractivity contribution >= 4 is 81.9 Å². The van der Waals surface area contributed by atoms with Crippen LogP contribution in [-0.2, 0) is 64.0 Å². The van der Waals surface area contributed by atoms with Crippen molar-refractivity contribution in [1.29, 1.82) is 0 Å². The van der Waals surface area contributed by atoms with Crippen molar-refractivity contribution in [2.45, 2.75) is 290 Å². The summed E-state index contributed by atoms with van der Waals surface area (Å²) < 4.78 is 0. The minimum Gasteiger partial charge on any atom is -0.480 e. The van der Waals surface area contributed by atoms with Crippen LogP contribution in [0.25, 0.3) is 10.9 Å². The fraction of sp³-hybridized carbons (Fsp3) is 0.737. The molecule has 31 heteroatoms. The van der Waals surface area contributed by atoms with Crippen molar-refractivity contribution in [1.82, 2.24) is 63.5 Å². The summed E-state index contributed by atoms with van der Waals surface area (Å²) in [6.07, 6.45) is 7.89. The lowest BCUT2D eigenvalue weighted by Gasteiger charge is -2.30. The predicted molar refractivity (Wildman–Crippen MR) is 415 cm³/mol. The number of amides is 11. The zero-order chi connectivity index (χ0) is 80.5. The number of aromatic nitrogens is 1. The number of para-hydroxylation sites is 1. The second-order valence-corrected chi connectivity index (χ2v) is 30.9. The quantitative estimate of drug-likeness (QED) is 0.0421. The minimum absolute atomic E-state index is 0.0486. The summed E-state index contributed by atoms with van der Waals surface area (Å²) in [6.45, 7) is 23.4. The third-order valence-electron chi connectivity index (χ3n) is 18.3. The third kappa shape index (κ3) is 36.7. The number of rotatable bonds is 56. The SMILES string of the molecule is CC(C)C[C@H](NC(=O)[C@H](CCCCN)NC(=O)[C@H](Cc1c[nH]c2ccccc12)NC(=O)[C@H](CC(C)C)NC(=O)[C@H](CCCCN)NC(=O)[C@@H](N)CCCCN)C(=O)N[C@@H](CC(C)C)C(=O)N[C@@H](CC(C)C)C(=O)N[C@@H](CCCCN)C(=O)N[C@H](C(=O)N[C@@H](CC(C)C)C(=O)N[C@@H](CCCCN)C(=O)O)C(C)C. The molecule has 0 unspecified atom stereocenters. The lowest BCUT2D eigenvalue weighted by molar-refractivity contribution is -0.142. The van der Waals surface area contributed by atoms with Crippen molar-refractivity contribution in [2.75, 3.05) is 32.7 Å². The number of carboxylic acid groups (broad SMARTS) is 1. The Morgan fingerprint density at radius 2 is 0.607 bits per heavy atom. The van der Waals surface area contributed by atoms with Crippen molar-refractivity contribution in [2.24, 2.45) is 69.9 Å². The van der Waals surface area contributed by atoms with Gasteiger partial charge in [-0.2, -0.15) is 0 Å². The standard InChI is InChI=1S/C76H136N18O13/c1-44(2)37-58(69(99)86-56(30-18-23-35-80)68(98)94-64(49(11)12)75(105)93-62(41-48(9)10)70(100)87-57(76(106)107)31-19-24-36-81)90-72(102)61(40-47(7)8)91-71(101)59(38-45(3)4)89-67(97)55(29-17-22-34-79)85-74(104)63(42-50-43-83-53-27-14-13-25-51(50)53)92-73(103)60(39-46(5)6)88-66(96)54(28-16-21-33-78)84-65(95)52(82)26-15-20-32-77/h13-14,25,27,43-49,52,54-64,83H,15-24,26,28-42,77-82H2,1-12H3,(H,84,95)(H,85,104)(H,86,99)(H,87,100)(H,88,96)(H,89,97)(H,90,102)(H,91,101)(H,92,103)(H,93,105)(H,94,98)(H,106,107)/t52-,54-,55-,56-,57-,58-,59-,60-,61-,62-,63-,64-/m0/s1. The van der Waals surface area contributed by atoms with Gasteiger partial charge in [0.05, 0.1) is 6.04 Å². The first kappa shape index (κ1) is 95.2. The van der Waals surface area contributed by atoms with Crippen LogP contribution in [0.3, 0.4) is 0 Å². The molecule has 0 aliphatic carbocycles. The average molecular weight is 1510 g/mol. The number of hydrogen-bond acceptors (Lipinski definition) is 18. The van der Waals surface area contributed by atoms with Crippen LogP contribution in [0.4, 0.5) is 0 Å². The van der Waals surface area contributed by atoms with Crippen molar-refractivity contribution < 1.29 is 62.6 Å². The van der Waals surface area contributed by atoms with Gasteiger partial charge in [-0.1, -0.05) is 108 Å². The molecule has 107 heavy (non-hydrogen) atoms. The molecule has 0 aliphatic rings. The highest BCUT2D eigenvalue weighted by Crippen LogP contribution is 2.22. The fourth-order valence-electron chi connectivity index (χ4n) is 12.4. The van der Waals surface area contributed by atoms with Gasteiger partial charge in [0.1, 0.15) is 66.5 Å². The van der Waals surface area contributed by atoms with Crippen LogP contribution >= 0.6 is 0 Å². The molecule has 2 aromatic rings. The monoisotopic (exact) mass is 1510 g/mol. The maximum Gasteiger partial charge on any atom is 0.326 e. The number of nitrogens with two attached hydrogens (primary N) is 6. The Kier molecular flexibility index (Phi) is 45.8. The van der Waals surface area contributed by atoms with Gasteiger partial charge in [-0.3, -0.25) is 52.7 Å². The van der Waals surface area contributed by atoms with Crippen LogP contribution in [0.2, 0.25) is 0 Å². The number of carbonyl (C=O) groups is 12. The Hall–Kier alpha value is -7.84. The first-order valence-electron chi connectivity index (χ1n) is 39.0. The number of fused-ring (bicyclic) bond motifs is 1. The summed E-state index contributed by atoms with van der Waals surface area (Å²) >= 11 is 0. The summed E-state index contributed by atoms with van der Waals surface area (Å²) in [5.74, 6) is -10.4. The van der Waals surface area contributed by atoms with E-state index in [1.807, 2.05) is 93.5 Å². The topological polar surface area (TPSA) is 529 Å². The number of carboxylic acids is 1. The van der Waals surface area contributed by atoms with Crippen molar-refractivity contribution in [3.8, 4) is 0 Å². The van der Waals surface area contributed by atoms with Gasteiger partial charge in [-0.05, 0) is 202 Å². The molecule has 0 saturated heterocycles. The average Bonchev–Trinajstić information content (AvgIpc) is 1.71. The van der Waals surface area contributed by atoms with Gasteiger partial charge in [0.25, 0.3) is 0 Å². The number of carbonyl (C=O) groups excluding carboxylic acids is 11. The van der Waals surface area contributed by atoms with E-state index in [1.54, 1.807) is 20.0 Å². The van der Waals surface area contributed by atoms with Gasteiger partial charge in [0, 0.05) is 23.5 Å². The van der Waals surface area contributed by atoms with Crippen LogP contribution in [0.15, 0.2) is 30.5 Å². The highest BCUT2D eigenvalue weighted by Gasteiger charge is 2.38. The van der Waals surface area contributed by atoms with Gasteiger partial charge in [-0.15, -0.1) is 0 Å². The second-order valence-electron chi connectivity index (χ2n) is 30.9. The lowest BCUT2D eigenvalue weighted by Crippen LogP contribution is -2.61. The first-order valence-corrected chi connectivity index (χ1v) is 39.0. The molecule has 0 aliphatic heterocycles. The lowest BCUT2D eigenvalue weighted by atomic mass is 9.97. The Balaban J connectivity index is 2.58. The van der Waals surface area contributed by atoms with E-state index in [2.05, 4.69) is 63.5 Å². The van der Waals surface area contributed by atoms with E-state index in [0.29, 0.717) is 95.8 Å². The van der Waals surface area contributed by atoms with E-state index < -0.39 is 149 Å². The smallest absolute Gasteiger partial charge is 0.326 e. The predicted octanol–water partition coefficient (Wildman–Crippen LogP) is 1.99. The van der Waals surface area contributed by atoms with E-state index in [-0.39, 0.29) is 107 Å². The fourth-order valence-corrected chi connectivity index (χ4v) is 12.4. The van der Waals surface area contributed by atoms with Gasteiger partial charge in [0.2, 0.25) is 65.0 Å². The molecule has 12 atom stereocenters. The summed E-state index contributed by atoms with van der Waals surface area (Å²) in [5.41, 5.74) is 36.5. The van der Waals surface area contributed by atoms with Gasteiger partial charge in [0.15, 0.2) is 0 Å². The summed E-state index contributed by atoms with van der Waals surface area (Å²) in [5, 5.41) is 41.5. The van der Waals surface area contributed by atoms with E-state index in [4.69, 9.17) is 34.4 Å². The number of aromatic amines is 1. The van der Waals surface area contributed by atoms with Crippen LogP contribution in [0.5, 0.6) is 0 Å². The number of unbranched alkanes of at least 4 members (excludes halogenated alkanes) is 5. The number of H-pyrrole nitrogens is 1. The molecule has 1 heterocycles. The molecule has 0 bridgehead atoms. The molecule has 0 saturated carbocycles. The van der Waals surface area contributed by atoms with Crippen molar-refractivity contribution in [3.63, 3.8) is 0 Å². The highest BCUT2D eigenvalue weighted by atomic mass is 16.4. The van der Waals surface area contributed by atoms with Crippen molar-refractivity contribution in [3.05, 3.63) is 36.0 Å². The minimum atomic E-state index is -1.36. The summed E-state index contributed by atoms with van der Waals surface area (Å²) in [7, 11) is 0. The van der Waals surface area contributed by atoms with Crippen LogP contribution < -0.4 is 92.9 Å². The molecule has 2 rings (SSSR count). The molecule has 608 valence electrons. The zero-order valence-corrected chi connectivity index (χ0v) is 66.0. The van der Waals surface area contributed by atoms with E-state index in [0.717, 1.165) is 10.9 Å². The highest BCUT2D eigenvalue weighted by molar-refractivity contribution is 6.00. The second kappa shape index (κ2) is 51.5. The Morgan fingerprint density at radius 1 is 0.336 bits per heavy atom. The largest absolute Gasteiger partial charge is 0.480 e. The first-order chi connectivity index (χ1) is 50.6. The molecule has 0 radical (unpaired) electrons. The molecular weight excluding hydrogens is 1370 g/mol. The van der Waals surface area contributed by atoms with E-state index >= 15 is 4.79 Å². The molecule has 1 aromatic carbocycles. The number of hydrogen-bond donors (Lipinski definition) is 19. The van der Waals surface area contributed by atoms with Crippen LogP contribution in [-0.4, -0.2) is 186 Å². The maximum absolute atomic E-state index is 15.1. The van der Waals surface area contributed by atoms with Crippen LogP contribution in [0.1, 0.15) is 217 Å². The molecule has 0 spiro atoms. The molecule has 31 nitrogen and oxygen atoms in total. The molecular formula is C76H136N18O13. The Labute approximate surface area is 634 Å². The molecule has 25 N–H and O–H groups in total. The third-order valence-corrected chi connectivity index (χ3v) is 18.3. The number of aliphatic carboxylic acids is 1. The van der Waals surface area contributed by atoms with E-state index in [1.165, 1.54) is 0 Å². The zero-order valence-electron chi connectivity index (χ0n) is 66.0. The maximum atomic E-state index is 15.1. The molecule has 1 aromatic heterocycles. The summed E-state index contributed by atoms with van der Waals surface area (Å²) in [4.78, 5) is 174. The summed E-state index contributed by atoms with van der Waals surface area (Å²) in [6, 6.07) is -7.18. The molecule has 11 amide bonds. The van der Waals surface area contributed by atoms with Crippen LogP contribution in [0, 0.1) is 35.5 Å². The van der Waals surface area contributed by atoms with E-state index in [9.17, 15) is 57.8 Å². The van der Waals surface area contributed by atoms with Gasteiger partial charge in [-0.25, -0.2) is 4.79 Å². The normalized spacial score (nSPS) is 15.0. The Morgan fingerprint density at radius 3 is 0.944 bits per heavy atom. The number of nitrogens with one attached hydrogen (secondary N) is 12. The Bertz CT molecular complexity index is 3070.